The maximum atomic E-state index is 9.82. The van der Waals surface area contributed by atoms with Crippen molar-refractivity contribution in [1.82, 2.24) is 10.3 Å². The molecule has 28 heavy (non-hydrogen) atoms. The molecule has 0 saturated heterocycles. The summed E-state index contributed by atoms with van der Waals surface area (Å²) in [5.41, 5.74) is 5.39. The van der Waals surface area contributed by atoms with Crippen molar-refractivity contribution in [3.63, 3.8) is 0 Å². The Morgan fingerprint density at radius 3 is 2.68 bits per heavy atom. The smallest absolute Gasteiger partial charge is 0.117 e. The molecular weight excluding hydrogens is 432 g/mol. The van der Waals surface area contributed by atoms with E-state index >= 15 is 0 Å². The van der Waals surface area contributed by atoms with Crippen molar-refractivity contribution in [2.24, 2.45) is 0 Å². The van der Waals surface area contributed by atoms with Crippen LogP contribution in [-0.4, -0.2) is 16.6 Å². The summed E-state index contributed by atoms with van der Waals surface area (Å²) in [4.78, 5) is 4.88. The summed E-state index contributed by atoms with van der Waals surface area (Å²) in [6.45, 7) is 3.07. The number of nitrogens with zero attached hydrogens (tertiary/aromatic N) is 1. The maximum Gasteiger partial charge on any atom is 0.117 e. The first-order valence-corrected chi connectivity index (χ1v) is 11.0. The minimum Gasteiger partial charge on any atom is -0.508 e. The minimum atomic E-state index is 0.163. The molecule has 0 aliphatic carbocycles. The molecule has 2 aromatic carbocycles. The Kier molecular flexibility index (Phi) is 5.76. The Labute approximate surface area is 177 Å². The van der Waals surface area contributed by atoms with Gasteiger partial charge in [-0.1, -0.05) is 28.1 Å². The van der Waals surface area contributed by atoms with Crippen molar-refractivity contribution in [3.8, 4) is 17.0 Å². The first kappa shape index (κ1) is 19.1. The van der Waals surface area contributed by atoms with Gasteiger partial charge < -0.3 is 10.4 Å². The number of halogens is 1. The van der Waals surface area contributed by atoms with E-state index in [1.54, 1.807) is 23.5 Å². The van der Waals surface area contributed by atoms with E-state index in [-0.39, 0.29) is 11.8 Å². The monoisotopic (exact) mass is 452 g/mol. The average molecular weight is 453 g/mol. The molecule has 142 valence electrons. The van der Waals surface area contributed by atoms with Crippen LogP contribution in [0.15, 0.2) is 69.8 Å². The van der Waals surface area contributed by atoms with Crippen molar-refractivity contribution in [2.75, 3.05) is 6.54 Å². The zero-order valence-electron chi connectivity index (χ0n) is 15.5. The van der Waals surface area contributed by atoms with Gasteiger partial charge in [-0.3, -0.25) is 0 Å². The van der Waals surface area contributed by atoms with Crippen LogP contribution in [0.4, 0.5) is 0 Å². The fourth-order valence-electron chi connectivity index (χ4n) is 3.33. The number of nitrogens with one attached hydrogen (secondary N) is 1. The SMILES string of the molecule is CC(NCCc1ccc(Br)cc1)c1cc2ccc(O)cc2nc1-c1ccsc1. The largest absolute Gasteiger partial charge is 0.508 e. The van der Waals surface area contributed by atoms with Gasteiger partial charge in [0.2, 0.25) is 0 Å². The zero-order valence-corrected chi connectivity index (χ0v) is 17.9. The van der Waals surface area contributed by atoms with Gasteiger partial charge in [0.25, 0.3) is 0 Å². The van der Waals surface area contributed by atoms with E-state index in [9.17, 15) is 5.11 Å². The molecule has 3 nitrogen and oxygen atoms in total. The van der Waals surface area contributed by atoms with E-state index in [0.29, 0.717) is 0 Å². The summed E-state index contributed by atoms with van der Waals surface area (Å²) in [5.74, 6) is 0.240. The summed E-state index contributed by atoms with van der Waals surface area (Å²) >= 11 is 5.15. The first-order chi connectivity index (χ1) is 13.6. The zero-order chi connectivity index (χ0) is 19.5. The fourth-order valence-corrected chi connectivity index (χ4v) is 4.23. The van der Waals surface area contributed by atoms with E-state index in [4.69, 9.17) is 4.98 Å². The molecule has 0 amide bonds. The second-order valence-corrected chi connectivity index (χ2v) is 8.56. The molecule has 0 aliphatic heterocycles. The lowest BCUT2D eigenvalue weighted by molar-refractivity contribution is 0.476. The molecule has 0 bridgehead atoms. The van der Waals surface area contributed by atoms with Crippen LogP contribution in [0.25, 0.3) is 22.2 Å². The van der Waals surface area contributed by atoms with Gasteiger partial charge in [-0.25, -0.2) is 4.98 Å². The molecule has 5 heteroatoms. The van der Waals surface area contributed by atoms with Gasteiger partial charge in [0, 0.05) is 32.9 Å². The van der Waals surface area contributed by atoms with Crippen molar-refractivity contribution < 1.29 is 5.11 Å². The molecule has 1 unspecified atom stereocenters. The number of hydrogen-bond donors (Lipinski definition) is 2. The lowest BCUT2D eigenvalue weighted by atomic mass is 9.99. The van der Waals surface area contributed by atoms with Crippen LogP contribution in [0.3, 0.4) is 0 Å². The molecule has 0 aliphatic rings. The Morgan fingerprint density at radius 1 is 1.11 bits per heavy atom. The fraction of sp³-hybridized carbons (Fsp3) is 0.174. The van der Waals surface area contributed by atoms with Gasteiger partial charge in [0.15, 0.2) is 0 Å². The Morgan fingerprint density at radius 2 is 1.93 bits per heavy atom. The van der Waals surface area contributed by atoms with Gasteiger partial charge >= 0.3 is 0 Å². The normalized spacial score (nSPS) is 12.4. The lowest BCUT2D eigenvalue weighted by Crippen LogP contribution is -2.22. The van der Waals surface area contributed by atoms with Crippen LogP contribution in [0.1, 0.15) is 24.1 Å². The third-order valence-corrected chi connectivity index (χ3v) is 6.08. The summed E-state index contributed by atoms with van der Waals surface area (Å²) in [5, 5.41) is 18.7. The highest BCUT2D eigenvalue weighted by atomic mass is 79.9. The number of hydrogen-bond acceptors (Lipinski definition) is 4. The molecule has 0 spiro atoms. The van der Waals surface area contributed by atoms with Crippen molar-refractivity contribution in [3.05, 3.63) is 81.0 Å². The quantitative estimate of drug-likeness (QED) is 0.359. The molecule has 2 N–H and O–H groups in total. The Bertz CT molecular complexity index is 1080. The molecule has 2 heterocycles. The summed E-state index contributed by atoms with van der Waals surface area (Å²) in [6.07, 6.45) is 0.973. The van der Waals surface area contributed by atoms with Crippen LogP contribution >= 0.6 is 27.3 Å². The molecule has 4 rings (SSSR count). The molecular formula is C23H21BrN2OS. The van der Waals surface area contributed by atoms with E-state index in [1.807, 2.05) is 6.07 Å². The highest BCUT2D eigenvalue weighted by molar-refractivity contribution is 9.10. The number of thiophene rings is 1. The molecule has 1 atom stereocenters. The molecule has 0 fully saturated rings. The van der Waals surface area contributed by atoms with Crippen LogP contribution in [0, 0.1) is 0 Å². The van der Waals surface area contributed by atoms with Crippen LogP contribution in [0.2, 0.25) is 0 Å². The highest BCUT2D eigenvalue weighted by Crippen LogP contribution is 2.32. The standard InChI is InChI=1S/C23H21BrN2OS/c1-15(25-10-8-16-2-5-19(24)6-3-16)21-12-17-4-7-20(27)13-22(17)26-23(21)18-9-11-28-14-18/h2-7,9,11-15,25,27H,8,10H2,1H3. The van der Waals surface area contributed by atoms with Crippen LogP contribution in [-0.2, 0) is 6.42 Å². The van der Waals surface area contributed by atoms with Gasteiger partial charge in [-0.05, 0) is 72.8 Å². The number of rotatable bonds is 6. The van der Waals surface area contributed by atoms with Crippen LogP contribution in [0.5, 0.6) is 5.75 Å². The van der Waals surface area contributed by atoms with Crippen molar-refractivity contribution >= 4 is 38.2 Å². The van der Waals surface area contributed by atoms with E-state index in [1.165, 1.54) is 11.1 Å². The maximum absolute atomic E-state index is 9.82. The molecule has 2 aromatic heterocycles. The number of fused-ring (bicyclic) bond motifs is 1. The topological polar surface area (TPSA) is 45.1 Å². The van der Waals surface area contributed by atoms with Gasteiger partial charge in [0.05, 0.1) is 11.2 Å². The van der Waals surface area contributed by atoms with E-state index in [0.717, 1.165) is 39.6 Å². The first-order valence-electron chi connectivity index (χ1n) is 9.24. The van der Waals surface area contributed by atoms with Crippen molar-refractivity contribution in [2.45, 2.75) is 19.4 Å². The van der Waals surface area contributed by atoms with Crippen LogP contribution < -0.4 is 5.32 Å². The predicted molar refractivity (Wildman–Crippen MR) is 121 cm³/mol. The number of aromatic hydroxyl groups is 1. The second kappa shape index (κ2) is 8.43. The third-order valence-electron chi connectivity index (χ3n) is 4.87. The third kappa shape index (κ3) is 4.27. The summed E-state index contributed by atoms with van der Waals surface area (Å²) in [6, 6.07) is 18.3. The van der Waals surface area contributed by atoms with Gasteiger partial charge in [0.1, 0.15) is 5.75 Å². The van der Waals surface area contributed by atoms with Gasteiger partial charge in [-0.2, -0.15) is 11.3 Å². The summed E-state index contributed by atoms with van der Waals surface area (Å²) in [7, 11) is 0. The number of benzene rings is 2. The number of phenolic OH excluding ortho intramolecular Hbond substituents is 1. The molecule has 4 aromatic rings. The Balaban J connectivity index is 1.59. The molecule has 0 saturated carbocycles. The average Bonchev–Trinajstić information content (AvgIpc) is 3.23. The number of phenols is 1. The lowest BCUT2D eigenvalue weighted by Gasteiger charge is -2.18. The predicted octanol–water partition coefficient (Wildman–Crippen LogP) is 6.32. The number of aromatic nitrogens is 1. The van der Waals surface area contributed by atoms with Crippen molar-refractivity contribution in [1.29, 1.82) is 0 Å². The van der Waals surface area contributed by atoms with E-state index in [2.05, 4.69) is 75.3 Å². The Hall–Kier alpha value is -2.21. The highest BCUT2D eigenvalue weighted by Gasteiger charge is 2.15. The second-order valence-electron chi connectivity index (χ2n) is 6.87. The molecule has 0 radical (unpaired) electrons. The minimum absolute atomic E-state index is 0.163. The van der Waals surface area contributed by atoms with Gasteiger partial charge in [-0.15, -0.1) is 0 Å². The summed E-state index contributed by atoms with van der Waals surface area (Å²) < 4.78 is 1.10. The van der Waals surface area contributed by atoms with E-state index < -0.39 is 0 Å². The number of pyridine rings is 1.